The highest BCUT2D eigenvalue weighted by molar-refractivity contribution is 5.93. The Labute approximate surface area is 173 Å². The number of aromatic amines is 2. The molecule has 0 saturated heterocycles. The van der Waals surface area contributed by atoms with Gasteiger partial charge in [-0.3, -0.25) is 9.89 Å². The molecule has 0 spiro atoms. The summed E-state index contributed by atoms with van der Waals surface area (Å²) >= 11 is 0. The fourth-order valence-electron chi connectivity index (χ4n) is 3.63. The summed E-state index contributed by atoms with van der Waals surface area (Å²) in [6.07, 6.45) is 0.288. The minimum absolute atomic E-state index is 0.112. The average molecular weight is 395 g/mol. The third-order valence-electron chi connectivity index (χ3n) is 5.38. The molecule has 0 aliphatic heterocycles. The second-order valence-corrected chi connectivity index (χ2v) is 7.61. The molecule has 1 amide bonds. The van der Waals surface area contributed by atoms with E-state index in [9.17, 15) is 4.79 Å². The normalized spacial score (nSPS) is 11.3. The Hall–Kier alpha value is -3.93. The Balaban J connectivity index is 1.32. The first kappa shape index (κ1) is 18.1. The van der Waals surface area contributed by atoms with Gasteiger partial charge in [-0.1, -0.05) is 42.5 Å². The number of carbonyl (C=O) groups excluding carboxylic acids is 1. The summed E-state index contributed by atoms with van der Waals surface area (Å²) in [5, 5.41) is 12.3. The molecule has 5 rings (SSSR count). The summed E-state index contributed by atoms with van der Waals surface area (Å²) in [5.41, 5.74) is 5.98. The monoisotopic (exact) mass is 395 g/mol. The highest BCUT2D eigenvalue weighted by Crippen LogP contribution is 2.23. The summed E-state index contributed by atoms with van der Waals surface area (Å²) in [4.78, 5) is 20.4. The second kappa shape index (κ2) is 7.15. The van der Waals surface area contributed by atoms with Crippen molar-refractivity contribution in [2.45, 2.75) is 20.3 Å². The number of hydrogen-bond acceptors (Lipinski definition) is 3. The lowest BCUT2D eigenvalue weighted by atomic mass is 10.1. The summed E-state index contributed by atoms with van der Waals surface area (Å²) in [6.45, 7) is 4.15. The number of aryl methyl sites for hydroxylation is 2. The first-order valence-corrected chi connectivity index (χ1v) is 9.85. The van der Waals surface area contributed by atoms with Crippen molar-refractivity contribution in [3.05, 3.63) is 77.4 Å². The molecule has 0 aliphatic carbocycles. The van der Waals surface area contributed by atoms with Crippen LogP contribution in [0.1, 0.15) is 16.7 Å². The van der Waals surface area contributed by atoms with Gasteiger partial charge in [-0.05, 0) is 53.4 Å². The molecular weight excluding hydrogens is 374 g/mol. The van der Waals surface area contributed by atoms with E-state index in [4.69, 9.17) is 0 Å². The van der Waals surface area contributed by atoms with E-state index in [2.05, 4.69) is 57.5 Å². The zero-order valence-electron chi connectivity index (χ0n) is 16.8. The molecule has 2 aromatic heterocycles. The summed E-state index contributed by atoms with van der Waals surface area (Å²) in [5.74, 6) is 1.06. The van der Waals surface area contributed by atoms with Crippen molar-refractivity contribution in [1.29, 1.82) is 0 Å². The van der Waals surface area contributed by atoms with Gasteiger partial charge >= 0.3 is 0 Å². The third kappa shape index (κ3) is 3.43. The van der Waals surface area contributed by atoms with Crippen LogP contribution < -0.4 is 5.32 Å². The van der Waals surface area contributed by atoms with Crippen LogP contribution in [0.4, 0.5) is 5.82 Å². The topological polar surface area (TPSA) is 86.5 Å². The summed E-state index contributed by atoms with van der Waals surface area (Å²) in [7, 11) is 0. The van der Waals surface area contributed by atoms with E-state index in [1.165, 1.54) is 11.1 Å². The molecule has 0 unspecified atom stereocenters. The van der Waals surface area contributed by atoms with Gasteiger partial charge in [0.25, 0.3) is 0 Å². The predicted molar refractivity (Wildman–Crippen MR) is 119 cm³/mol. The van der Waals surface area contributed by atoms with E-state index in [0.717, 1.165) is 33.1 Å². The number of amides is 1. The van der Waals surface area contributed by atoms with Crippen LogP contribution in [0.3, 0.4) is 0 Å². The molecule has 0 radical (unpaired) electrons. The predicted octanol–water partition coefficient (Wildman–Crippen LogP) is 4.90. The Morgan fingerprint density at radius 1 is 0.967 bits per heavy atom. The molecule has 0 fully saturated rings. The maximum Gasteiger partial charge on any atom is 0.229 e. The molecular formula is C24H21N5O. The van der Waals surface area contributed by atoms with Crippen molar-refractivity contribution in [2.75, 3.05) is 5.32 Å². The van der Waals surface area contributed by atoms with Crippen LogP contribution in [0.25, 0.3) is 33.3 Å². The number of aromatic nitrogens is 4. The molecule has 6 heteroatoms. The molecule has 0 saturated carbocycles. The number of nitrogens with zero attached hydrogens (tertiary/aromatic N) is 2. The van der Waals surface area contributed by atoms with Crippen molar-refractivity contribution < 1.29 is 4.79 Å². The molecule has 30 heavy (non-hydrogen) atoms. The lowest BCUT2D eigenvalue weighted by Gasteiger charge is -2.04. The summed E-state index contributed by atoms with van der Waals surface area (Å²) in [6, 6.07) is 20.1. The van der Waals surface area contributed by atoms with E-state index in [1.807, 2.05) is 36.4 Å². The molecule has 0 bridgehead atoms. The molecule has 0 atom stereocenters. The largest absolute Gasteiger partial charge is 0.337 e. The molecule has 148 valence electrons. The molecule has 3 N–H and O–H groups in total. The van der Waals surface area contributed by atoms with Crippen LogP contribution in [0.15, 0.2) is 60.7 Å². The number of benzene rings is 3. The number of rotatable bonds is 4. The van der Waals surface area contributed by atoms with Gasteiger partial charge in [0.15, 0.2) is 11.6 Å². The fourth-order valence-corrected chi connectivity index (χ4v) is 3.63. The van der Waals surface area contributed by atoms with Crippen LogP contribution in [-0.2, 0) is 11.2 Å². The zero-order valence-corrected chi connectivity index (χ0v) is 16.8. The fraction of sp³-hybridized carbons (Fsp3) is 0.125. The molecule has 6 nitrogen and oxygen atoms in total. The van der Waals surface area contributed by atoms with Crippen LogP contribution in [0.5, 0.6) is 0 Å². The van der Waals surface area contributed by atoms with E-state index >= 15 is 0 Å². The van der Waals surface area contributed by atoms with Gasteiger partial charge in [0.2, 0.25) is 5.91 Å². The van der Waals surface area contributed by atoms with Gasteiger partial charge in [-0.15, -0.1) is 0 Å². The van der Waals surface area contributed by atoms with Crippen molar-refractivity contribution >= 4 is 33.5 Å². The van der Waals surface area contributed by atoms with E-state index in [0.29, 0.717) is 11.6 Å². The number of H-pyrrole nitrogens is 2. The van der Waals surface area contributed by atoms with Gasteiger partial charge in [-0.2, -0.15) is 5.10 Å². The summed E-state index contributed by atoms with van der Waals surface area (Å²) < 4.78 is 0. The first-order chi connectivity index (χ1) is 14.5. The Morgan fingerprint density at radius 2 is 1.77 bits per heavy atom. The van der Waals surface area contributed by atoms with Crippen molar-refractivity contribution in [3.8, 4) is 11.5 Å². The number of anilines is 1. The van der Waals surface area contributed by atoms with Gasteiger partial charge in [0.05, 0.1) is 17.5 Å². The SMILES string of the molecule is Cc1cc2nc(-c3cc(NC(=O)Cc4ccc5ccccc5c4)n[nH]3)[nH]c2cc1C. The van der Waals surface area contributed by atoms with E-state index in [-0.39, 0.29) is 12.3 Å². The first-order valence-electron chi connectivity index (χ1n) is 9.85. The van der Waals surface area contributed by atoms with Gasteiger partial charge in [-0.25, -0.2) is 4.98 Å². The quantitative estimate of drug-likeness (QED) is 0.404. The van der Waals surface area contributed by atoms with Gasteiger partial charge < -0.3 is 10.3 Å². The number of carbonyl (C=O) groups is 1. The lowest BCUT2D eigenvalue weighted by Crippen LogP contribution is -2.14. The molecule has 0 aliphatic rings. The van der Waals surface area contributed by atoms with Crippen molar-refractivity contribution in [3.63, 3.8) is 0 Å². The Morgan fingerprint density at radius 3 is 2.63 bits per heavy atom. The van der Waals surface area contributed by atoms with Crippen LogP contribution in [-0.4, -0.2) is 26.1 Å². The van der Waals surface area contributed by atoms with Crippen molar-refractivity contribution in [1.82, 2.24) is 20.2 Å². The maximum absolute atomic E-state index is 12.5. The third-order valence-corrected chi connectivity index (χ3v) is 5.38. The minimum atomic E-state index is -0.112. The molecule has 3 aromatic carbocycles. The van der Waals surface area contributed by atoms with Gasteiger partial charge in [0, 0.05) is 6.07 Å². The number of hydrogen-bond donors (Lipinski definition) is 3. The maximum atomic E-state index is 12.5. The second-order valence-electron chi connectivity index (χ2n) is 7.61. The van der Waals surface area contributed by atoms with Crippen LogP contribution >= 0.6 is 0 Å². The number of fused-ring (bicyclic) bond motifs is 2. The van der Waals surface area contributed by atoms with Gasteiger partial charge in [0.1, 0.15) is 5.69 Å². The van der Waals surface area contributed by atoms with E-state index < -0.39 is 0 Å². The highest BCUT2D eigenvalue weighted by Gasteiger charge is 2.12. The van der Waals surface area contributed by atoms with E-state index in [1.54, 1.807) is 6.07 Å². The average Bonchev–Trinajstić information content (AvgIpc) is 3.35. The number of imidazole rings is 1. The smallest absolute Gasteiger partial charge is 0.229 e. The molecule has 2 heterocycles. The number of nitrogens with one attached hydrogen (secondary N) is 3. The minimum Gasteiger partial charge on any atom is -0.337 e. The Bertz CT molecular complexity index is 1360. The molecule has 5 aromatic rings. The lowest BCUT2D eigenvalue weighted by molar-refractivity contribution is -0.115. The van der Waals surface area contributed by atoms with Crippen molar-refractivity contribution in [2.24, 2.45) is 0 Å². The Kier molecular flexibility index (Phi) is 4.32. The standard InChI is InChI=1S/C24H21N5O/c1-14-9-19-20(10-15(14)2)26-24(25-19)21-13-22(29-28-21)27-23(30)12-16-7-8-17-5-3-4-6-18(17)11-16/h3-11,13H,12H2,1-2H3,(H,25,26)(H2,27,28,29,30). The highest BCUT2D eigenvalue weighted by atomic mass is 16.1. The zero-order chi connectivity index (χ0) is 20.7. The van der Waals surface area contributed by atoms with Crippen LogP contribution in [0, 0.1) is 13.8 Å². The van der Waals surface area contributed by atoms with Crippen LogP contribution in [0.2, 0.25) is 0 Å².